The van der Waals surface area contributed by atoms with Gasteiger partial charge in [0.1, 0.15) is 10.0 Å². The van der Waals surface area contributed by atoms with Gasteiger partial charge in [-0.3, -0.25) is 0 Å². The summed E-state index contributed by atoms with van der Waals surface area (Å²) < 4.78 is 39.4. The molecule has 0 amide bonds. The highest BCUT2D eigenvalue weighted by Crippen LogP contribution is 2.20. The van der Waals surface area contributed by atoms with Gasteiger partial charge in [0.25, 0.3) is 0 Å². The summed E-state index contributed by atoms with van der Waals surface area (Å²) in [4.78, 5) is 10.7. The van der Waals surface area contributed by atoms with E-state index in [1.165, 1.54) is 23.6 Å². The first-order chi connectivity index (χ1) is 9.40. The van der Waals surface area contributed by atoms with E-state index in [2.05, 4.69) is 4.72 Å². The average Bonchev–Trinajstić information content (AvgIpc) is 2.88. The average molecular weight is 315 g/mol. The fraction of sp³-hybridized carbons (Fsp3) is 0.0833. The number of carboxylic acid groups (broad SMARTS) is 1. The number of rotatable bonds is 5. The maximum atomic E-state index is 13.4. The summed E-state index contributed by atoms with van der Waals surface area (Å²) >= 11 is 0.799. The number of benzene rings is 1. The molecule has 1 aromatic carbocycles. The summed E-state index contributed by atoms with van der Waals surface area (Å²) in [5.74, 6) is -1.70. The number of sulfonamides is 1. The van der Waals surface area contributed by atoms with Crippen LogP contribution >= 0.6 is 11.3 Å². The number of carbonyl (C=O) groups is 1. The highest BCUT2D eigenvalue weighted by atomic mass is 32.2. The van der Waals surface area contributed by atoms with E-state index in [-0.39, 0.29) is 21.9 Å². The van der Waals surface area contributed by atoms with Crippen LogP contribution < -0.4 is 4.72 Å². The summed E-state index contributed by atoms with van der Waals surface area (Å²) in [6, 6.07) is 6.87. The minimum Gasteiger partial charge on any atom is -0.478 e. The maximum absolute atomic E-state index is 13.4. The van der Waals surface area contributed by atoms with E-state index in [0.717, 1.165) is 17.4 Å². The van der Waals surface area contributed by atoms with Crippen molar-refractivity contribution in [2.75, 3.05) is 0 Å². The summed E-state index contributed by atoms with van der Waals surface area (Å²) in [6.07, 6.45) is 0. The second-order valence-corrected chi connectivity index (χ2v) is 6.78. The SMILES string of the molecule is O=C(O)c1csc(S(=O)(=O)NCc2ccccc2F)c1. The Morgan fingerprint density at radius 1 is 1.35 bits per heavy atom. The number of carboxylic acids is 1. The molecule has 0 atom stereocenters. The molecule has 0 aliphatic rings. The Kier molecular flexibility index (Phi) is 4.17. The number of aromatic carboxylic acids is 1. The molecule has 0 saturated carbocycles. The standard InChI is InChI=1S/C12H10FNO4S2/c13-10-4-2-1-3-8(10)6-14-20(17,18)11-5-9(7-19-11)12(15)16/h1-5,7,14H,6H2,(H,15,16). The van der Waals surface area contributed by atoms with Crippen molar-refractivity contribution in [1.29, 1.82) is 0 Å². The van der Waals surface area contributed by atoms with Crippen molar-refractivity contribution in [3.8, 4) is 0 Å². The summed E-state index contributed by atoms with van der Waals surface area (Å²) in [6.45, 7) is -0.199. The topological polar surface area (TPSA) is 83.5 Å². The minimum atomic E-state index is -3.85. The Balaban J connectivity index is 2.15. The number of nitrogens with one attached hydrogen (secondary N) is 1. The normalized spacial score (nSPS) is 11.4. The highest BCUT2D eigenvalue weighted by molar-refractivity contribution is 7.91. The van der Waals surface area contributed by atoms with Crippen LogP contribution in [0.2, 0.25) is 0 Å². The molecular formula is C12H10FNO4S2. The predicted molar refractivity (Wildman–Crippen MR) is 71.7 cm³/mol. The minimum absolute atomic E-state index is 0.0960. The quantitative estimate of drug-likeness (QED) is 0.884. The first-order valence-corrected chi connectivity index (χ1v) is 7.81. The van der Waals surface area contributed by atoms with Gasteiger partial charge in [-0.15, -0.1) is 11.3 Å². The van der Waals surface area contributed by atoms with Crippen LogP contribution in [0.1, 0.15) is 15.9 Å². The lowest BCUT2D eigenvalue weighted by molar-refractivity contribution is 0.0697. The third-order valence-corrected chi connectivity index (χ3v) is 5.34. The number of halogens is 1. The lowest BCUT2D eigenvalue weighted by Crippen LogP contribution is -2.22. The van der Waals surface area contributed by atoms with Crippen LogP contribution in [0, 0.1) is 5.82 Å². The third kappa shape index (κ3) is 3.21. The van der Waals surface area contributed by atoms with Crippen LogP contribution in [0.3, 0.4) is 0 Å². The van der Waals surface area contributed by atoms with Crippen molar-refractivity contribution in [2.24, 2.45) is 0 Å². The second kappa shape index (κ2) is 5.70. The van der Waals surface area contributed by atoms with Gasteiger partial charge >= 0.3 is 5.97 Å². The van der Waals surface area contributed by atoms with Crippen LogP contribution in [-0.4, -0.2) is 19.5 Å². The Bertz CT molecular complexity index is 739. The van der Waals surface area contributed by atoms with E-state index in [1.807, 2.05) is 0 Å². The number of hydrogen-bond donors (Lipinski definition) is 2. The van der Waals surface area contributed by atoms with Gasteiger partial charge in [0.15, 0.2) is 0 Å². The van der Waals surface area contributed by atoms with Crippen LogP contribution in [0.4, 0.5) is 4.39 Å². The van der Waals surface area contributed by atoms with E-state index < -0.39 is 21.8 Å². The lowest BCUT2D eigenvalue weighted by Gasteiger charge is -2.05. The van der Waals surface area contributed by atoms with Gasteiger partial charge in [0.2, 0.25) is 10.0 Å². The van der Waals surface area contributed by atoms with Crippen molar-refractivity contribution >= 4 is 27.3 Å². The van der Waals surface area contributed by atoms with Crippen molar-refractivity contribution in [2.45, 2.75) is 10.8 Å². The predicted octanol–water partition coefficient (Wildman–Crippen LogP) is 2.06. The molecule has 2 rings (SSSR count). The van der Waals surface area contributed by atoms with Crippen molar-refractivity contribution in [1.82, 2.24) is 4.72 Å². The molecular weight excluding hydrogens is 305 g/mol. The molecule has 0 unspecified atom stereocenters. The molecule has 2 aromatic rings. The first-order valence-electron chi connectivity index (χ1n) is 5.45. The number of thiophene rings is 1. The van der Waals surface area contributed by atoms with Crippen molar-refractivity contribution in [3.63, 3.8) is 0 Å². The molecule has 20 heavy (non-hydrogen) atoms. The Labute approximate surface area is 118 Å². The van der Waals surface area contributed by atoms with Crippen molar-refractivity contribution in [3.05, 3.63) is 52.7 Å². The second-order valence-electron chi connectivity index (χ2n) is 3.88. The van der Waals surface area contributed by atoms with Gasteiger partial charge in [-0.1, -0.05) is 18.2 Å². The molecule has 0 fully saturated rings. The Morgan fingerprint density at radius 3 is 2.65 bits per heavy atom. The van der Waals surface area contributed by atoms with Gasteiger partial charge in [0, 0.05) is 17.5 Å². The lowest BCUT2D eigenvalue weighted by atomic mass is 10.2. The fourth-order valence-electron chi connectivity index (χ4n) is 1.46. The Hall–Kier alpha value is -1.77. The molecule has 0 spiro atoms. The first kappa shape index (κ1) is 14.6. The van der Waals surface area contributed by atoms with E-state index in [4.69, 9.17) is 5.11 Å². The molecule has 0 bridgehead atoms. The third-order valence-electron chi connectivity index (χ3n) is 2.50. The van der Waals surface area contributed by atoms with Crippen LogP contribution in [0.5, 0.6) is 0 Å². The van der Waals surface area contributed by atoms with E-state index in [9.17, 15) is 17.6 Å². The summed E-state index contributed by atoms with van der Waals surface area (Å²) in [5, 5.41) is 9.99. The molecule has 1 heterocycles. The smallest absolute Gasteiger partial charge is 0.336 e. The van der Waals surface area contributed by atoms with Gasteiger partial charge in [-0.2, -0.15) is 0 Å². The van der Waals surface area contributed by atoms with Crippen molar-refractivity contribution < 1.29 is 22.7 Å². The Morgan fingerprint density at radius 2 is 2.05 bits per heavy atom. The zero-order chi connectivity index (χ0) is 14.8. The molecule has 8 heteroatoms. The highest BCUT2D eigenvalue weighted by Gasteiger charge is 2.19. The summed E-state index contributed by atoms with van der Waals surface area (Å²) in [7, 11) is -3.85. The van der Waals surface area contributed by atoms with Crippen LogP contribution in [0.25, 0.3) is 0 Å². The monoisotopic (exact) mass is 315 g/mol. The van der Waals surface area contributed by atoms with Gasteiger partial charge in [0.05, 0.1) is 5.56 Å². The molecule has 1 aromatic heterocycles. The molecule has 106 valence electrons. The van der Waals surface area contributed by atoms with Gasteiger partial charge < -0.3 is 5.11 Å². The fourth-order valence-corrected chi connectivity index (χ4v) is 3.66. The van der Waals surface area contributed by atoms with Crippen LogP contribution in [-0.2, 0) is 16.6 Å². The van der Waals surface area contributed by atoms with Gasteiger partial charge in [-0.25, -0.2) is 22.3 Å². The molecule has 0 radical (unpaired) electrons. The molecule has 0 saturated heterocycles. The molecule has 5 nitrogen and oxygen atoms in total. The summed E-state index contributed by atoms with van der Waals surface area (Å²) in [5.41, 5.74) is 0.118. The van der Waals surface area contributed by atoms with E-state index >= 15 is 0 Å². The van der Waals surface area contributed by atoms with E-state index in [0.29, 0.717) is 0 Å². The maximum Gasteiger partial charge on any atom is 0.336 e. The zero-order valence-electron chi connectivity index (χ0n) is 10.0. The zero-order valence-corrected chi connectivity index (χ0v) is 11.7. The largest absolute Gasteiger partial charge is 0.478 e. The number of hydrogen-bond acceptors (Lipinski definition) is 4. The molecule has 0 aliphatic heterocycles. The molecule has 2 N–H and O–H groups in total. The molecule has 0 aliphatic carbocycles. The van der Waals surface area contributed by atoms with Crippen LogP contribution in [0.15, 0.2) is 39.9 Å². The van der Waals surface area contributed by atoms with E-state index in [1.54, 1.807) is 6.07 Å². The van der Waals surface area contributed by atoms with Gasteiger partial charge in [-0.05, 0) is 12.1 Å².